The first-order chi connectivity index (χ1) is 19.0. The number of hydrogen-bond donors (Lipinski definition) is 3. The van der Waals surface area contributed by atoms with Gasteiger partial charge < -0.3 is 29.7 Å². The molecule has 0 bridgehead atoms. The van der Waals surface area contributed by atoms with Crippen LogP contribution in [0, 0.1) is 18.8 Å². The third kappa shape index (κ3) is 3.78. The van der Waals surface area contributed by atoms with Gasteiger partial charge in [-0.25, -0.2) is 4.79 Å². The number of aliphatic hydroxyl groups is 2. The van der Waals surface area contributed by atoms with Crippen molar-refractivity contribution in [2.45, 2.75) is 77.5 Å². The van der Waals surface area contributed by atoms with Crippen LogP contribution in [0.25, 0.3) is 5.57 Å². The fourth-order valence-electron chi connectivity index (χ4n) is 6.68. The minimum atomic E-state index is -0.967. The van der Waals surface area contributed by atoms with E-state index < -0.39 is 48.1 Å². The average molecular weight is 548 g/mol. The Balaban J connectivity index is 1.52. The number of allylic oxidation sites excluding steroid dienone is 2. The molecule has 40 heavy (non-hydrogen) atoms. The Labute approximate surface area is 232 Å². The summed E-state index contributed by atoms with van der Waals surface area (Å²) >= 11 is 0. The number of aromatic hydroxyl groups is 1. The summed E-state index contributed by atoms with van der Waals surface area (Å²) < 4.78 is 12.1. The van der Waals surface area contributed by atoms with E-state index in [0.29, 0.717) is 18.4 Å². The van der Waals surface area contributed by atoms with Gasteiger partial charge in [-0.15, -0.1) is 0 Å². The number of aryl methyl sites for hydroxylation is 1. The molecule has 1 saturated carbocycles. The minimum absolute atomic E-state index is 0.0221. The van der Waals surface area contributed by atoms with E-state index in [9.17, 15) is 29.7 Å². The van der Waals surface area contributed by atoms with Crippen molar-refractivity contribution >= 4 is 23.1 Å². The molecule has 1 saturated heterocycles. The predicted octanol–water partition coefficient (Wildman–Crippen LogP) is 3.68. The van der Waals surface area contributed by atoms with Crippen LogP contribution in [0.5, 0.6) is 11.5 Å². The highest BCUT2D eigenvalue weighted by Gasteiger charge is 2.55. The number of esters is 1. The highest BCUT2D eigenvalue weighted by Crippen LogP contribution is 2.53. The Morgan fingerprint density at radius 3 is 2.55 bits per heavy atom. The van der Waals surface area contributed by atoms with Gasteiger partial charge in [-0.3, -0.25) is 9.59 Å². The number of phenols is 1. The number of rotatable bonds is 4. The molecule has 2 aromatic carbocycles. The Morgan fingerprint density at radius 2 is 1.85 bits per heavy atom. The summed E-state index contributed by atoms with van der Waals surface area (Å²) in [5.41, 5.74) is 1.69. The third-order valence-corrected chi connectivity index (χ3v) is 8.86. The van der Waals surface area contributed by atoms with Crippen LogP contribution in [-0.2, 0) is 9.53 Å². The predicted molar refractivity (Wildman–Crippen MR) is 144 cm³/mol. The van der Waals surface area contributed by atoms with Crippen molar-refractivity contribution in [3.05, 3.63) is 63.8 Å². The van der Waals surface area contributed by atoms with E-state index in [1.165, 1.54) is 6.07 Å². The van der Waals surface area contributed by atoms with Crippen molar-refractivity contribution in [3.8, 4) is 11.5 Å². The summed E-state index contributed by atoms with van der Waals surface area (Å²) in [7, 11) is 0. The lowest BCUT2D eigenvalue weighted by Crippen LogP contribution is -2.45. The summed E-state index contributed by atoms with van der Waals surface area (Å²) in [6, 6.07) is 7.32. The Hall–Kier alpha value is -3.69. The van der Waals surface area contributed by atoms with Gasteiger partial charge in [-0.05, 0) is 48.9 Å². The Morgan fingerprint density at radius 1 is 1.10 bits per heavy atom. The fourth-order valence-corrected chi connectivity index (χ4v) is 6.68. The molecule has 9 heteroatoms. The van der Waals surface area contributed by atoms with Crippen molar-refractivity contribution in [3.63, 3.8) is 0 Å². The molecule has 2 aromatic rings. The van der Waals surface area contributed by atoms with Gasteiger partial charge in [-0.1, -0.05) is 39.3 Å². The van der Waals surface area contributed by atoms with Crippen LogP contribution in [0.4, 0.5) is 0 Å². The number of ketones is 2. The molecule has 2 aliphatic heterocycles. The van der Waals surface area contributed by atoms with Crippen molar-refractivity contribution in [2.24, 2.45) is 11.8 Å². The maximum atomic E-state index is 14.5. The summed E-state index contributed by atoms with van der Waals surface area (Å²) in [6.07, 6.45) is -1.99. The molecule has 9 nitrogen and oxygen atoms in total. The topological polar surface area (TPSA) is 134 Å². The molecule has 0 amide bonds. The van der Waals surface area contributed by atoms with Gasteiger partial charge in [-0.2, -0.15) is 0 Å². The lowest BCUT2D eigenvalue weighted by Gasteiger charge is -2.40. The first kappa shape index (κ1) is 26.5. The van der Waals surface area contributed by atoms with Gasteiger partial charge >= 0.3 is 5.97 Å². The van der Waals surface area contributed by atoms with Crippen LogP contribution in [0.15, 0.2) is 36.0 Å². The zero-order valence-corrected chi connectivity index (χ0v) is 22.9. The SMILES string of the molecule is CC[C@H](C)[C@H]1C(=O)O[C@H]2c3cc(C)cc(O)c3C3=C(C(=O)c4c(O[C@@H]5C[C@@H](C)[C@H](O)[C@H](O)C5)cccc4C3=O)N12. The maximum Gasteiger partial charge on any atom is 0.331 e. The monoisotopic (exact) mass is 547 g/mol. The molecule has 0 aromatic heterocycles. The molecule has 2 heterocycles. The first-order valence-corrected chi connectivity index (χ1v) is 13.9. The van der Waals surface area contributed by atoms with E-state index in [2.05, 4.69) is 0 Å². The number of carbonyl (C=O) groups excluding carboxylic acids is 3. The number of Topliss-reactive ketones (excluding diaryl/α,β-unsaturated/α-hetero) is 2. The summed E-state index contributed by atoms with van der Waals surface area (Å²) in [5.74, 6) is -1.80. The standard InChI is InChI=1S/C31H33NO8/c1-5-14(3)25-31(38)40-30-18-9-13(2)10-19(33)22(18)24-26(32(25)30)29(37)23-17(28(24)36)7-6-8-21(23)39-16-11-15(4)27(35)20(34)12-16/h6-10,14-16,20,25,27,30,33-35H,5,11-12H2,1-4H3/t14-,15+,16+,20+,25-,27-,30-/m0/s1. The van der Waals surface area contributed by atoms with Crippen LogP contribution in [0.1, 0.15) is 83.7 Å². The molecule has 210 valence electrons. The minimum Gasteiger partial charge on any atom is -0.507 e. The van der Waals surface area contributed by atoms with Gasteiger partial charge in [0.1, 0.15) is 29.3 Å². The van der Waals surface area contributed by atoms with Gasteiger partial charge in [0.15, 0.2) is 5.78 Å². The zero-order valence-electron chi connectivity index (χ0n) is 22.9. The van der Waals surface area contributed by atoms with Crippen molar-refractivity contribution in [2.75, 3.05) is 0 Å². The second-order valence-corrected chi connectivity index (χ2v) is 11.6. The maximum absolute atomic E-state index is 14.5. The van der Waals surface area contributed by atoms with E-state index in [0.717, 1.165) is 5.56 Å². The molecule has 6 rings (SSSR count). The number of benzene rings is 2. The van der Waals surface area contributed by atoms with Gasteiger partial charge in [0, 0.05) is 23.1 Å². The molecule has 4 aliphatic rings. The molecular weight excluding hydrogens is 514 g/mol. The van der Waals surface area contributed by atoms with Gasteiger partial charge in [0.05, 0.1) is 23.3 Å². The summed E-state index contributed by atoms with van der Waals surface area (Å²) in [4.78, 5) is 43.5. The normalized spacial score (nSPS) is 29.9. The highest BCUT2D eigenvalue weighted by atomic mass is 16.6. The van der Waals surface area contributed by atoms with E-state index in [-0.39, 0.29) is 57.7 Å². The number of ether oxygens (including phenoxy) is 2. The second kappa shape index (κ2) is 9.45. The van der Waals surface area contributed by atoms with Crippen LogP contribution in [-0.4, -0.2) is 62.1 Å². The smallest absolute Gasteiger partial charge is 0.331 e. The third-order valence-electron chi connectivity index (χ3n) is 8.86. The highest BCUT2D eigenvalue weighted by molar-refractivity contribution is 6.41. The van der Waals surface area contributed by atoms with E-state index >= 15 is 0 Å². The number of carbonyl (C=O) groups is 3. The van der Waals surface area contributed by atoms with Crippen molar-refractivity contribution in [1.29, 1.82) is 0 Å². The van der Waals surface area contributed by atoms with Crippen molar-refractivity contribution in [1.82, 2.24) is 4.90 Å². The molecule has 0 unspecified atom stereocenters. The van der Waals surface area contributed by atoms with Crippen molar-refractivity contribution < 1.29 is 39.2 Å². The number of fused-ring (bicyclic) bond motifs is 6. The summed E-state index contributed by atoms with van der Waals surface area (Å²) in [6.45, 7) is 7.47. The first-order valence-electron chi connectivity index (χ1n) is 13.9. The molecule has 0 radical (unpaired) electrons. The molecule has 2 aliphatic carbocycles. The van der Waals surface area contributed by atoms with E-state index in [1.807, 2.05) is 20.8 Å². The number of hydrogen-bond acceptors (Lipinski definition) is 9. The van der Waals surface area contributed by atoms with Gasteiger partial charge in [0.25, 0.3) is 0 Å². The number of nitrogens with zero attached hydrogens (tertiary/aromatic N) is 1. The number of aliphatic hydroxyl groups excluding tert-OH is 2. The quantitative estimate of drug-likeness (QED) is 0.490. The molecule has 3 N–H and O–H groups in total. The molecule has 2 fully saturated rings. The second-order valence-electron chi connectivity index (χ2n) is 11.6. The fraction of sp³-hybridized carbons (Fsp3) is 0.452. The van der Waals surface area contributed by atoms with Crippen LogP contribution in [0.2, 0.25) is 0 Å². The lowest BCUT2D eigenvalue weighted by molar-refractivity contribution is -0.143. The molecule has 0 spiro atoms. The van der Waals surface area contributed by atoms with Crippen LogP contribution >= 0.6 is 0 Å². The van der Waals surface area contributed by atoms with Crippen LogP contribution < -0.4 is 4.74 Å². The molecule has 7 atom stereocenters. The van der Waals surface area contributed by atoms with E-state index in [4.69, 9.17) is 9.47 Å². The molecular formula is C31H33NO8. The van der Waals surface area contributed by atoms with Crippen LogP contribution in [0.3, 0.4) is 0 Å². The van der Waals surface area contributed by atoms with Gasteiger partial charge in [0.2, 0.25) is 12.0 Å². The average Bonchev–Trinajstić information content (AvgIpc) is 3.26. The largest absolute Gasteiger partial charge is 0.507 e. The Kier molecular flexibility index (Phi) is 6.27. The lowest BCUT2D eigenvalue weighted by atomic mass is 9.77. The van der Waals surface area contributed by atoms with E-state index in [1.54, 1.807) is 36.1 Å². The number of phenolic OH excluding ortho intramolecular Hbond substituents is 1. The Bertz CT molecular complexity index is 1470. The summed E-state index contributed by atoms with van der Waals surface area (Å²) in [5, 5.41) is 31.5. The zero-order chi connectivity index (χ0) is 28.6.